The Hall–Kier alpha value is -2.02. The highest BCUT2D eigenvalue weighted by Gasteiger charge is 2.21. The van der Waals surface area contributed by atoms with Crippen LogP contribution < -0.4 is 10.1 Å². The van der Waals surface area contributed by atoms with E-state index in [1.165, 1.54) is 38.4 Å². The maximum absolute atomic E-state index is 12.2. The number of pyridine rings is 1. The topological polar surface area (TPSA) is 77.5 Å². The Balaban J connectivity index is 2.04. The van der Waals surface area contributed by atoms with Crippen molar-refractivity contribution < 1.29 is 19.1 Å². The molecule has 0 aliphatic carbocycles. The van der Waals surface area contributed by atoms with E-state index in [0.717, 1.165) is 0 Å². The van der Waals surface area contributed by atoms with Crippen LogP contribution in [0.1, 0.15) is 17.3 Å². The number of halogens is 3. The van der Waals surface area contributed by atoms with Gasteiger partial charge in [0.05, 0.1) is 27.7 Å². The molecule has 25 heavy (non-hydrogen) atoms. The smallest absolute Gasteiger partial charge is 0.339 e. The van der Waals surface area contributed by atoms with E-state index in [1.807, 2.05) is 0 Å². The minimum Gasteiger partial charge on any atom is -0.494 e. The SMILES string of the molecule is COc1c(Cl)cc(C(=O)O[C@H](C)C(=O)Nc2ccc(Cl)cn2)cc1Cl. The summed E-state index contributed by atoms with van der Waals surface area (Å²) in [7, 11) is 1.41. The number of hydrogen-bond acceptors (Lipinski definition) is 5. The molecule has 0 saturated heterocycles. The number of anilines is 1. The summed E-state index contributed by atoms with van der Waals surface area (Å²) in [6.07, 6.45) is 0.319. The second-order valence-electron chi connectivity index (χ2n) is 4.87. The van der Waals surface area contributed by atoms with Crippen LogP contribution in [0.2, 0.25) is 15.1 Å². The van der Waals surface area contributed by atoms with E-state index in [9.17, 15) is 9.59 Å². The quantitative estimate of drug-likeness (QED) is 0.756. The van der Waals surface area contributed by atoms with Crippen molar-refractivity contribution in [2.24, 2.45) is 0 Å². The van der Waals surface area contributed by atoms with Gasteiger partial charge in [0.25, 0.3) is 5.91 Å². The first-order valence-electron chi connectivity index (χ1n) is 6.98. The molecule has 0 unspecified atom stereocenters. The molecule has 0 radical (unpaired) electrons. The lowest BCUT2D eigenvalue weighted by atomic mass is 10.2. The number of amides is 1. The monoisotopic (exact) mass is 402 g/mol. The van der Waals surface area contributed by atoms with Crippen molar-refractivity contribution in [1.82, 2.24) is 4.98 Å². The molecule has 0 aliphatic heterocycles. The van der Waals surface area contributed by atoms with Gasteiger partial charge in [-0.05, 0) is 31.2 Å². The number of esters is 1. The fraction of sp³-hybridized carbons (Fsp3) is 0.188. The third-order valence-corrected chi connectivity index (χ3v) is 3.85. The van der Waals surface area contributed by atoms with Crippen molar-refractivity contribution >= 4 is 52.5 Å². The molecule has 1 atom stereocenters. The molecular formula is C16H13Cl3N2O4. The first kappa shape index (κ1) is 19.3. The molecule has 0 saturated carbocycles. The Morgan fingerprint density at radius 3 is 2.32 bits per heavy atom. The number of benzene rings is 1. The predicted molar refractivity (Wildman–Crippen MR) is 95.8 cm³/mol. The summed E-state index contributed by atoms with van der Waals surface area (Å²) in [5, 5.41) is 3.26. The lowest BCUT2D eigenvalue weighted by molar-refractivity contribution is -0.123. The summed E-state index contributed by atoms with van der Waals surface area (Å²) in [4.78, 5) is 28.2. The van der Waals surface area contributed by atoms with E-state index in [-0.39, 0.29) is 27.2 Å². The second kappa shape index (κ2) is 8.38. The predicted octanol–water partition coefficient (Wildman–Crippen LogP) is 4.23. The minimum atomic E-state index is -1.07. The number of aromatic nitrogens is 1. The number of hydrogen-bond donors (Lipinski definition) is 1. The van der Waals surface area contributed by atoms with Crippen molar-refractivity contribution in [3.63, 3.8) is 0 Å². The largest absolute Gasteiger partial charge is 0.494 e. The third kappa shape index (κ3) is 4.98. The number of nitrogens with one attached hydrogen (secondary N) is 1. The van der Waals surface area contributed by atoms with Gasteiger partial charge in [0.1, 0.15) is 5.82 Å². The highest BCUT2D eigenvalue weighted by atomic mass is 35.5. The van der Waals surface area contributed by atoms with Gasteiger partial charge in [-0.25, -0.2) is 9.78 Å². The Bertz CT molecular complexity index is 773. The summed E-state index contributed by atoms with van der Waals surface area (Å²) in [6.45, 7) is 1.43. The summed E-state index contributed by atoms with van der Waals surface area (Å²) in [5.41, 5.74) is 0.0973. The first-order valence-corrected chi connectivity index (χ1v) is 8.11. The molecule has 2 rings (SSSR count). The van der Waals surface area contributed by atoms with Gasteiger partial charge in [0.15, 0.2) is 11.9 Å². The van der Waals surface area contributed by atoms with Crippen molar-refractivity contribution in [1.29, 1.82) is 0 Å². The Morgan fingerprint density at radius 2 is 1.80 bits per heavy atom. The molecule has 1 amide bonds. The highest BCUT2D eigenvalue weighted by Crippen LogP contribution is 2.34. The van der Waals surface area contributed by atoms with Gasteiger partial charge >= 0.3 is 5.97 Å². The molecular weight excluding hydrogens is 391 g/mol. The molecule has 0 fully saturated rings. The van der Waals surface area contributed by atoms with E-state index >= 15 is 0 Å². The van der Waals surface area contributed by atoms with E-state index in [2.05, 4.69) is 10.3 Å². The van der Waals surface area contributed by atoms with Crippen molar-refractivity contribution in [2.45, 2.75) is 13.0 Å². The van der Waals surface area contributed by atoms with Gasteiger partial charge < -0.3 is 14.8 Å². The minimum absolute atomic E-state index is 0.0973. The Morgan fingerprint density at radius 1 is 1.16 bits per heavy atom. The molecule has 1 aromatic heterocycles. The molecule has 1 heterocycles. The number of ether oxygens (including phenoxy) is 2. The van der Waals surface area contributed by atoms with Crippen LogP contribution >= 0.6 is 34.8 Å². The lowest BCUT2D eigenvalue weighted by Crippen LogP contribution is -2.30. The van der Waals surface area contributed by atoms with Gasteiger partial charge in [-0.1, -0.05) is 34.8 Å². The highest BCUT2D eigenvalue weighted by molar-refractivity contribution is 6.37. The average molecular weight is 404 g/mol. The first-order chi connectivity index (χ1) is 11.8. The van der Waals surface area contributed by atoms with Gasteiger partial charge in [-0.15, -0.1) is 0 Å². The zero-order valence-electron chi connectivity index (χ0n) is 13.2. The van der Waals surface area contributed by atoms with E-state index in [1.54, 1.807) is 6.07 Å². The van der Waals surface area contributed by atoms with Gasteiger partial charge in [0.2, 0.25) is 0 Å². The van der Waals surface area contributed by atoms with Gasteiger partial charge in [0, 0.05) is 6.20 Å². The zero-order chi connectivity index (χ0) is 18.6. The summed E-state index contributed by atoms with van der Waals surface area (Å²) in [5.74, 6) is -0.764. The molecule has 6 nitrogen and oxygen atoms in total. The van der Waals surface area contributed by atoms with Crippen molar-refractivity contribution in [2.75, 3.05) is 12.4 Å². The van der Waals surface area contributed by atoms with Crippen LogP contribution in [0.4, 0.5) is 5.82 Å². The van der Waals surface area contributed by atoms with Crippen LogP contribution in [0, 0.1) is 0 Å². The third-order valence-electron chi connectivity index (χ3n) is 3.07. The van der Waals surface area contributed by atoms with Crippen molar-refractivity contribution in [3.05, 3.63) is 51.1 Å². The van der Waals surface area contributed by atoms with Gasteiger partial charge in [-0.3, -0.25) is 4.79 Å². The number of methoxy groups -OCH3 is 1. The molecule has 1 aromatic carbocycles. The molecule has 0 spiro atoms. The Kier molecular flexibility index (Phi) is 6.47. The second-order valence-corrected chi connectivity index (χ2v) is 6.12. The molecule has 0 bridgehead atoms. The van der Waals surface area contributed by atoms with Crippen LogP contribution in [-0.4, -0.2) is 30.1 Å². The van der Waals surface area contributed by atoms with Crippen molar-refractivity contribution in [3.8, 4) is 5.75 Å². The van der Waals surface area contributed by atoms with Crippen LogP contribution in [-0.2, 0) is 9.53 Å². The van der Waals surface area contributed by atoms with E-state index in [0.29, 0.717) is 5.02 Å². The normalized spacial score (nSPS) is 11.6. The summed E-state index contributed by atoms with van der Waals surface area (Å²) >= 11 is 17.7. The molecule has 132 valence electrons. The van der Waals surface area contributed by atoms with Gasteiger partial charge in [-0.2, -0.15) is 0 Å². The van der Waals surface area contributed by atoms with Crippen LogP contribution in [0.5, 0.6) is 5.75 Å². The number of carbonyl (C=O) groups is 2. The maximum Gasteiger partial charge on any atom is 0.339 e. The van der Waals surface area contributed by atoms with Crippen LogP contribution in [0.15, 0.2) is 30.5 Å². The fourth-order valence-electron chi connectivity index (χ4n) is 1.83. The summed E-state index contributed by atoms with van der Waals surface area (Å²) < 4.78 is 10.1. The number of rotatable bonds is 5. The standard InChI is InChI=1S/C16H13Cl3N2O4/c1-8(15(22)21-13-4-3-10(17)7-20-13)25-16(23)9-5-11(18)14(24-2)12(19)6-9/h3-8H,1-2H3,(H,20,21,22)/t8-/m1/s1. The Labute approximate surface area is 159 Å². The van der Waals surface area contributed by atoms with Crippen LogP contribution in [0.3, 0.4) is 0 Å². The molecule has 9 heteroatoms. The van der Waals surface area contributed by atoms with E-state index < -0.39 is 18.0 Å². The van der Waals surface area contributed by atoms with E-state index in [4.69, 9.17) is 44.3 Å². The van der Waals surface area contributed by atoms with Crippen LogP contribution in [0.25, 0.3) is 0 Å². The maximum atomic E-state index is 12.2. The summed E-state index contributed by atoms with van der Waals surface area (Å²) in [6, 6.07) is 5.79. The lowest BCUT2D eigenvalue weighted by Gasteiger charge is -2.14. The number of carbonyl (C=O) groups excluding carboxylic acids is 2. The molecule has 2 aromatic rings. The molecule has 0 aliphatic rings. The zero-order valence-corrected chi connectivity index (χ0v) is 15.4. The average Bonchev–Trinajstić information content (AvgIpc) is 2.56. The fourth-order valence-corrected chi connectivity index (χ4v) is 2.59. The number of nitrogens with zero attached hydrogens (tertiary/aromatic N) is 1. The molecule has 1 N–H and O–H groups in total.